The number of aliphatic hydroxyl groups is 1. The highest BCUT2D eigenvalue weighted by Crippen LogP contribution is 2.49. The fourth-order valence-electron chi connectivity index (χ4n) is 5.69. The van der Waals surface area contributed by atoms with Gasteiger partial charge < -0.3 is 9.53 Å². The molecule has 0 saturated heterocycles. The number of aromatic nitrogens is 1. The van der Waals surface area contributed by atoms with Gasteiger partial charge in [0, 0.05) is 17.7 Å². The fourth-order valence-corrected chi connectivity index (χ4v) is 11.2. The molecule has 1 aliphatic carbocycles. The Balaban J connectivity index is 2.06. The van der Waals surface area contributed by atoms with E-state index in [1.807, 2.05) is 6.07 Å². The van der Waals surface area contributed by atoms with Crippen LogP contribution in [0.25, 0.3) is 0 Å². The van der Waals surface area contributed by atoms with Crippen LogP contribution < -0.4 is 0 Å². The predicted molar refractivity (Wildman–Crippen MR) is 122 cm³/mol. The van der Waals surface area contributed by atoms with E-state index in [9.17, 15) is 13.9 Å². The number of hydrogen-bond donors (Lipinski definition) is 1. The minimum absolute atomic E-state index is 0.211. The van der Waals surface area contributed by atoms with Gasteiger partial charge in [-0.3, -0.25) is 4.98 Å². The van der Waals surface area contributed by atoms with Gasteiger partial charge in [-0.1, -0.05) is 59.7 Å². The van der Waals surface area contributed by atoms with Gasteiger partial charge in [0.15, 0.2) is 11.6 Å². The second-order valence-electron chi connectivity index (χ2n) is 9.67. The van der Waals surface area contributed by atoms with Crippen molar-refractivity contribution in [3.8, 4) is 0 Å². The first kappa shape index (κ1) is 24.0. The third kappa shape index (κ3) is 4.35. The quantitative estimate of drug-likeness (QED) is 0.376. The number of aliphatic hydroxyl groups excluding tert-OH is 1. The maximum Gasteiger partial charge on any atom is 0.201 e. The summed E-state index contributed by atoms with van der Waals surface area (Å²) in [6.07, 6.45) is 1.56. The van der Waals surface area contributed by atoms with Crippen LogP contribution in [-0.4, -0.2) is 18.4 Å². The Morgan fingerprint density at radius 2 is 1.55 bits per heavy atom. The minimum Gasteiger partial charge on any atom is -0.408 e. The van der Waals surface area contributed by atoms with E-state index in [2.05, 4.69) is 46.5 Å². The van der Waals surface area contributed by atoms with Crippen molar-refractivity contribution in [2.75, 3.05) is 0 Å². The van der Waals surface area contributed by atoms with E-state index in [1.54, 1.807) is 18.3 Å². The molecule has 2 aromatic rings. The highest BCUT2D eigenvalue weighted by molar-refractivity contribution is 6.77. The smallest absolute Gasteiger partial charge is 0.201 e. The zero-order valence-electron chi connectivity index (χ0n) is 19.4. The number of fused-ring (bicyclic) bond motifs is 1. The Hall–Kier alpha value is -1.63. The SMILES string of the molecule is CC(C)[Si](O[C@@H]1CC[C@@H](c2cccc(F)c2F)[C@@H](O)c2cccnc21)(C(C)C)C(C)C. The number of hydrogen-bond acceptors (Lipinski definition) is 3. The van der Waals surface area contributed by atoms with E-state index in [-0.39, 0.29) is 11.7 Å². The molecule has 0 fully saturated rings. The van der Waals surface area contributed by atoms with E-state index < -0.39 is 32.0 Å². The molecule has 0 amide bonds. The van der Waals surface area contributed by atoms with E-state index in [1.165, 1.54) is 6.07 Å². The standard InChI is InChI=1S/C25H35F2NO2Si/c1-15(2)31(16(3)4,17(5)6)30-22-13-12-19(18-9-7-11-21(26)23(18)27)25(29)20-10-8-14-28-24(20)22/h7-11,14-17,19,22,25,29H,12-13H2,1-6H3/t19-,22+,25+/m0/s1. The van der Waals surface area contributed by atoms with Crippen molar-refractivity contribution in [1.82, 2.24) is 4.98 Å². The summed E-state index contributed by atoms with van der Waals surface area (Å²) < 4.78 is 35.6. The van der Waals surface area contributed by atoms with Crippen molar-refractivity contribution in [1.29, 1.82) is 0 Å². The van der Waals surface area contributed by atoms with Crippen molar-refractivity contribution < 1.29 is 18.3 Å². The maximum atomic E-state index is 14.6. The van der Waals surface area contributed by atoms with Gasteiger partial charge in [-0.05, 0) is 47.2 Å². The number of pyridine rings is 1. The Bertz CT molecular complexity index is 881. The summed E-state index contributed by atoms with van der Waals surface area (Å²) in [7, 11) is -2.20. The zero-order chi connectivity index (χ0) is 22.9. The average molecular weight is 448 g/mol. The van der Waals surface area contributed by atoms with E-state index >= 15 is 0 Å². The van der Waals surface area contributed by atoms with Crippen molar-refractivity contribution in [2.24, 2.45) is 0 Å². The summed E-state index contributed by atoms with van der Waals surface area (Å²) >= 11 is 0. The van der Waals surface area contributed by atoms with Crippen LogP contribution in [0.1, 0.15) is 89.3 Å². The average Bonchev–Trinajstić information content (AvgIpc) is 2.84. The maximum absolute atomic E-state index is 14.6. The summed E-state index contributed by atoms with van der Waals surface area (Å²) in [4.78, 5) is 4.61. The third-order valence-corrected chi connectivity index (χ3v) is 13.2. The summed E-state index contributed by atoms with van der Waals surface area (Å²) in [6.45, 7) is 13.4. The largest absolute Gasteiger partial charge is 0.408 e. The molecule has 0 spiro atoms. The number of benzene rings is 1. The summed E-state index contributed by atoms with van der Waals surface area (Å²) in [5.74, 6) is -2.33. The number of nitrogens with zero attached hydrogens (tertiary/aromatic N) is 1. The van der Waals surface area contributed by atoms with Crippen molar-refractivity contribution >= 4 is 8.32 Å². The van der Waals surface area contributed by atoms with Crippen LogP contribution in [0, 0.1) is 11.6 Å². The van der Waals surface area contributed by atoms with Gasteiger partial charge >= 0.3 is 0 Å². The van der Waals surface area contributed by atoms with Gasteiger partial charge in [-0.2, -0.15) is 0 Å². The van der Waals surface area contributed by atoms with Gasteiger partial charge in [0.2, 0.25) is 8.32 Å². The molecule has 1 N–H and O–H groups in total. The molecule has 1 aliphatic rings. The lowest BCUT2D eigenvalue weighted by molar-refractivity contribution is 0.135. The normalized spacial score (nSPS) is 22.1. The Labute approximate surface area is 186 Å². The Kier molecular flexibility index (Phi) is 7.34. The van der Waals surface area contributed by atoms with Crippen LogP contribution in [0.2, 0.25) is 16.6 Å². The van der Waals surface area contributed by atoms with Crippen molar-refractivity contribution in [2.45, 2.75) is 89.1 Å². The summed E-state index contributed by atoms with van der Waals surface area (Å²) in [6, 6.07) is 7.79. The molecule has 1 heterocycles. The van der Waals surface area contributed by atoms with Crippen LogP contribution in [0.5, 0.6) is 0 Å². The second kappa shape index (κ2) is 9.47. The molecular weight excluding hydrogens is 412 g/mol. The van der Waals surface area contributed by atoms with Crippen molar-refractivity contribution in [3.63, 3.8) is 0 Å². The first-order chi connectivity index (χ1) is 14.6. The van der Waals surface area contributed by atoms with E-state index in [0.29, 0.717) is 35.0 Å². The molecular formula is C25H35F2NO2Si. The molecule has 1 aromatic heterocycles. The third-order valence-electron chi connectivity index (χ3n) is 7.05. The highest BCUT2D eigenvalue weighted by Gasteiger charge is 2.48. The molecule has 0 unspecified atom stereocenters. The first-order valence-corrected chi connectivity index (χ1v) is 13.5. The Morgan fingerprint density at radius 3 is 2.16 bits per heavy atom. The summed E-state index contributed by atoms with van der Waals surface area (Å²) in [5.41, 5.74) is 2.81. The molecule has 0 saturated carbocycles. The number of rotatable bonds is 6. The molecule has 3 atom stereocenters. The topological polar surface area (TPSA) is 42.4 Å². The molecule has 0 bridgehead atoms. The Morgan fingerprint density at radius 1 is 0.935 bits per heavy atom. The predicted octanol–water partition coefficient (Wildman–Crippen LogP) is 7.20. The lowest BCUT2D eigenvalue weighted by Crippen LogP contribution is -2.48. The molecule has 3 nitrogen and oxygen atoms in total. The van der Waals surface area contributed by atoms with Crippen LogP contribution in [0.15, 0.2) is 36.5 Å². The lowest BCUT2D eigenvalue weighted by Gasteiger charge is -2.44. The second-order valence-corrected chi connectivity index (χ2v) is 15.1. The lowest BCUT2D eigenvalue weighted by atomic mass is 9.87. The van der Waals surface area contributed by atoms with E-state index in [4.69, 9.17) is 4.43 Å². The summed E-state index contributed by atoms with van der Waals surface area (Å²) in [5, 5.41) is 11.2. The van der Waals surface area contributed by atoms with Gasteiger partial charge in [0.1, 0.15) is 0 Å². The molecule has 1 aromatic carbocycles. The first-order valence-electron chi connectivity index (χ1n) is 11.4. The van der Waals surface area contributed by atoms with Gasteiger partial charge in [0.25, 0.3) is 0 Å². The monoisotopic (exact) mass is 447 g/mol. The van der Waals surface area contributed by atoms with Crippen LogP contribution in [0.3, 0.4) is 0 Å². The van der Waals surface area contributed by atoms with Crippen LogP contribution in [0.4, 0.5) is 8.78 Å². The molecule has 170 valence electrons. The number of halogens is 2. The van der Waals surface area contributed by atoms with Crippen LogP contribution in [-0.2, 0) is 4.43 Å². The van der Waals surface area contributed by atoms with Gasteiger partial charge in [-0.25, -0.2) is 8.78 Å². The van der Waals surface area contributed by atoms with Gasteiger partial charge in [0.05, 0.1) is 17.9 Å². The van der Waals surface area contributed by atoms with Gasteiger partial charge in [-0.15, -0.1) is 0 Å². The zero-order valence-corrected chi connectivity index (χ0v) is 20.4. The molecule has 0 aliphatic heterocycles. The molecule has 3 rings (SSSR count). The minimum atomic E-state index is -2.20. The van der Waals surface area contributed by atoms with E-state index in [0.717, 1.165) is 11.8 Å². The molecule has 6 heteroatoms. The van der Waals surface area contributed by atoms with Crippen LogP contribution >= 0.6 is 0 Å². The highest BCUT2D eigenvalue weighted by atomic mass is 28.4. The molecule has 0 radical (unpaired) electrons. The molecule has 31 heavy (non-hydrogen) atoms. The van der Waals surface area contributed by atoms with Crippen molar-refractivity contribution in [3.05, 3.63) is 65.0 Å². The fraction of sp³-hybridized carbons (Fsp3) is 0.560.